The zero-order valence-electron chi connectivity index (χ0n) is 12.6. The van der Waals surface area contributed by atoms with Gasteiger partial charge < -0.3 is 10.1 Å². The standard InChI is InChI=1S/C17H20N2O2/c1-4-21-17(20)15-9-10-16(18-11-15)19-13(3)14-7-5-12(2)6-8-14/h5-11,13H,4H2,1-3H3,(H,18,19). The lowest BCUT2D eigenvalue weighted by Crippen LogP contribution is -2.09. The Hall–Kier alpha value is -2.36. The number of hydrogen-bond donors (Lipinski definition) is 1. The molecular formula is C17H20N2O2. The van der Waals surface area contributed by atoms with Crippen LogP contribution in [0, 0.1) is 6.92 Å². The average Bonchev–Trinajstić information content (AvgIpc) is 2.49. The summed E-state index contributed by atoms with van der Waals surface area (Å²) in [6, 6.07) is 12.0. The van der Waals surface area contributed by atoms with Crippen molar-refractivity contribution >= 4 is 11.8 Å². The Labute approximate surface area is 125 Å². The van der Waals surface area contributed by atoms with Crippen LogP contribution >= 0.6 is 0 Å². The lowest BCUT2D eigenvalue weighted by Gasteiger charge is -2.15. The lowest BCUT2D eigenvalue weighted by atomic mass is 10.1. The highest BCUT2D eigenvalue weighted by Gasteiger charge is 2.09. The van der Waals surface area contributed by atoms with E-state index in [0.29, 0.717) is 12.2 Å². The van der Waals surface area contributed by atoms with Crippen molar-refractivity contribution in [2.45, 2.75) is 26.8 Å². The van der Waals surface area contributed by atoms with Crippen LogP contribution in [0.15, 0.2) is 42.6 Å². The second-order valence-electron chi connectivity index (χ2n) is 4.93. The van der Waals surface area contributed by atoms with Crippen LogP contribution in [0.4, 0.5) is 5.82 Å². The molecule has 21 heavy (non-hydrogen) atoms. The monoisotopic (exact) mass is 284 g/mol. The summed E-state index contributed by atoms with van der Waals surface area (Å²) in [5.41, 5.74) is 2.89. The molecular weight excluding hydrogens is 264 g/mol. The van der Waals surface area contributed by atoms with Gasteiger partial charge in [-0.05, 0) is 38.5 Å². The predicted molar refractivity (Wildman–Crippen MR) is 83.4 cm³/mol. The predicted octanol–water partition coefficient (Wildman–Crippen LogP) is 3.74. The maximum Gasteiger partial charge on any atom is 0.339 e. The number of benzene rings is 1. The first-order valence-corrected chi connectivity index (χ1v) is 7.06. The van der Waals surface area contributed by atoms with E-state index < -0.39 is 0 Å². The number of nitrogens with one attached hydrogen (secondary N) is 1. The molecule has 0 aliphatic rings. The van der Waals surface area contributed by atoms with Gasteiger partial charge in [-0.3, -0.25) is 0 Å². The molecule has 0 bridgehead atoms. The molecule has 0 amide bonds. The van der Waals surface area contributed by atoms with E-state index in [-0.39, 0.29) is 12.0 Å². The Morgan fingerprint density at radius 3 is 2.52 bits per heavy atom. The van der Waals surface area contributed by atoms with E-state index in [1.54, 1.807) is 19.1 Å². The number of ether oxygens (including phenoxy) is 1. The smallest absolute Gasteiger partial charge is 0.339 e. The maximum absolute atomic E-state index is 11.5. The Balaban J connectivity index is 2.02. The van der Waals surface area contributed by atoms with Crippen molar-refractivity contribution in [2.24, 2.45) is 0 Å². The number of hydrogen-bond acceptors (Lipinski definition) is 4. The zero-order chi connectivity index (χ0) is 15.2. The summed E-state index contributed by atoms with van der Waals surface area (Å²) >= 11 is 0. The summed E-state index contributed by atoms with van der Waals surface area (Å²) in [6.45, 7) is 6.29. The molecule has 1 unspecified atom stereocenters. The van der Waals surface area contributed by atoms with Gasteiger partial charge in [-0.2, -0.15) is 0 Å². The number of anilines is 1. The highest BCUT2D eigenvalue weighted by atomic mass is 16.5. The highest BCUT2D eigenvalue weighted by molar-refractivity contribution is 5.89. The molecule has 0 fully saturated rings. The van der Waals surface area contributed by atoms with E-state index in [4.69, 9.17) is 4.74 Å². The van der Waals surface area contributed by atoms with Gasteiger partial charge in [0, 0.05) is 12.2 Å². The second-order valence-corrected chi connectivity index (χ2v) is 4.93. The fourth-order valence-corrected chi connectivity index (χ4v) is 1.97. The van der Waals surface area contributed by atoms with Crippen LogP contribution in [0.5, 0.6) is 0 Å². The molecule has 1 aromatic heterocycles. The summed E-state index contributed by atoms with van der Waals surface area (Å²) in [7, 11) is 0. The van der Waals surface area contributed by atoms with Gasteiger partial charge in [0.05, 0.1) is 12.2 Å². The largest absolute Gasteiger partial charge is 0.462 e. The Morgan fingerprint density at radius 1 is 1.24 bits per heavy atom. The number of esters is 1. The number of carbonyl (C=O) groups excluding carboxylic acids is 1. The van der Waals surface area contributed by atoms with Crippen LogP contribution in [0.3, 0.4) is 0 Å². The normalized spacial score (nSPS) is 11.8. The van der Waals surface area contributed by atoms with Crippen molar-refractivity contribution < 1.29 is 9.53 Å². The van der Waals surface area contributed by atoms with Gasteiger partial charge >= 0.3 is 5.97 Å². The fourth-order valence-electron chi connectivity index (χ4n) is 1.97. The van der Waals surface area contributed by atoms with Gasteiger partial charge in [-0.1, -0.05) is 29.8 Å². The van der Waals surface area contributed by atoms with E-state index in [2.05, 4.69) is 48.4 Å². The summed E-state index contributed by atoms with van der Waals surface area (Å²) in [5.74, 6) is 0.388. The first kappa shape index (κ1) is 15.0. The number of carbonyl (C=O) groups is 1. The minimum absolute atomic E-state index is 0.145. The Kier molecular flexibility index (Phi) is 4.93. The van der Waals surface area contributed by atoms with Gasteiger partial charge in [0.15, 0.2) is 0 Å². The Bertz CT molecular complexity index is 591. The zero-order valence-corrected chi connectivity index (χ0v) is 12.6. The first-order chi connectivity index (χ1) is 10.1. The highest BCUT2D eigenvalue weighted by Crippen LogP contribution is 2.18. The quantitative estimate of drug-likeness (QED) is 0.850. The molecule has 4 heteroatoms. The van der Waals surface area contributed by atoms with E-state index in [0.717, 1.165) is 5.82 Å². The molecule has 2 aromatic rings. The average molecular weight is 284 g/mol. The number of rotatable bonds is 5. The molecule has 0 spiro atoms. The van der Waals surface area contributed by atoms with E-state index in [1.165, 1.54) is 17.3 Å². The molecule has 0 aliphatic heterocycles. The molecule has 1 N–H and O–H groups in total. The SMILES string of the molecule is CCOC(=O)c1ccc(NC(C)c2ccc(C)cc2)nc1. The maximum atomic E-state index is 11.5. The number of aryl methyl sites for hydroxylation is 1. The van der Waals surface area contributed by atoms with Crippen LogP contribution in [-0.2, 0) is 4.74 Å². The molecule has 4 nitrogen and oxygen atoms in total. The Morgan fingerprint density at radius 2 is 1.95 bits per heavy atom. The third-order valence-electron chi connectivity index (χ3n) is 3.22. The minimum Gasteiger partial charge on any atom is -0.462 e. The van der Waals surface area contributed by atoms with Crippen LogP contribution in [0.1, 0.15) is 41.4 Å². The molecule has 0 radical (unpaired) electrons. The number of pyridine rings is 1. The van der Waals surface area contributed by atoms with Crippen LogP contribution < -0.4 is 5.32 Å². The minimum atomic E-state index is -0.344. The third kappa shape index (κ3) is 4.05. The molecule has 110 valence electrons. The van der Waals surface area contributed by atoms with Crippen molar-refractivity contribution in [1.82, 2.24) is 4.98 Å². The summed E-state index contributed by atoms with van der Waals surface area (Å²) in [5, 5.41) is 3.31. The van der Waals surface area contributed by atoms with Gasteiger partial charge in [-0.25, -0.2) is 9.78 Å². The molecule has 0 aliphatic carbocycles. The lowest BCUT2D eigenvalue weighted by molar-refractivity contribution is 0.0526. The molecule has 2 rings (SSSR count). The molecule has 0 saturated heterocycles. The van der Waals surface area contributed by atoms with Gasteiger partial charge in [0.25, 0.3) is 0 Å². The van der Waals surface area contributed by atoms with E-state index in [1.807, 2.05) is 0 Å². The van der Waals surface area contributed by atoms with Crippen molar-refractivity contribution in [1.29, 1.82) is 0 Å². The van der Waals surface area contributed by atoms with Crippen molar-refractivity contribution in [3.05, 3.63) is 59.3 Å². The summed E-state index contributed by atoms with van der Waals surface area (Å²) in [6.07, 6.45) is 1.53. The number of nitrogens with zero attached hydrogens (tertiary/aromatic N) is 1. The van der Waals surface area contributed by atoms with Crippen LogP contribution in [0.2, 0.25) is 0 Å². The molecule has 1 aromatic carbocycles. The van der Waals surface area contributed by atoms with Gasteiger partial charge in [0.1, 0.15) is 5.82 Å². The van der Waals surface area contributed by atoms with Gasteiger partial charge in [-0.15, -0.1) is 0 Å². The second kappa shape index (κ2) is 6.88. The van der Waals surface area contributed by atoms with Crippen molar-refractivity contribution in [2.75, 3.05) is 11.9 Å². The van der Waals surface area contributed by atoms with Gasteiger partial charge in [0.2, 0.25) is 0 Å². The summed E-state index contributed by atoms with van der Waals surface area (Å²) in [4.78, 5) is 15.8. The summed E-state index contributed by atoms with van der Waals surface area (Å²) < 4.78 is 4.93. The fraction of sp³-hybridized carbons (Fsp3) is 0.294. The van der Waals surface area contributed by atoms with Crippen LogP contribution in [-0.4, -0.2) is 17.6 Å². The topological polar surface area (TPSA) is 51.2 Å². The third-order valence-corrected chi connectivity index (χ3v) is 3.22. The molecule has 1 atom stereocenters. The first-order valence-electron chi connectivity index (χ1n) is 7.06. The molecule has 0 saturated carbocycles. The van der Waals surface area contributed by atoms with E-state index >= 15 is 0 Å². The van der Waals surface area contributed by atoms with Crippen LogP contribution in [0.25, 0.3) is 0 Å². The van der Waals surface area contributed by atoms with E-state index in [9.17, 15) is 4.79 Å². The molecule has 1 heterocycles. The van der Waals surface area contributed by atoms with Crippen molar-refractivity contribution in [3.8, 4) is 0 Å². The number of aromatic nitrogens is 1. The van der Waals surface area contributed by atoms with Crippen molar-refractivity contribution in [3.63, 3.8) is 0 Å².